The van der Waals surface area contributed by atoms with E-state index >= 15 is 0 Å². The molecule has 1 aromatic heterocycles. The van der Waals surface area contributed by atoms with Gasteiger partial charge in [-0.25, -0.2) is 0 Å². The maximum absolute atomic E-state index is 6.24. The number of rotatable bonds is 4. The summed E-state index contributed by atoms with van der Waals surface area (Å²) in [7, 11) is 1.65. The van der Waals surface area contributed by atoms with E-state index in [0.717, 1.165) is 17.1 Å². The second-order valence-corrected chi connectivity index (χ2v) is 4.57. The van der Waals surface area contributed by atoms with Crippen molar-refractivity contribution in [1.82, 2.24) is 0 Å². The van der Waals surface area contributed by atoms with Crippen molar-refractivity contribution >= 4 is 0 Å². The molecule has 2 aromatic rings. The maximum atomic E-state index is 6.24. The number of hydrogen-bond donors (Lipinski definition) is 1. The summed E-state index contributed by atoms with van der Waals surface area (Å²) in [5.41, 5.74) is 9.76. The minimum absolute atomic E-state index is 0.226. The zero-order valence-electron chi connectivity index (χ0n) is 11.1. The van der Waals surface area contributed by atoms with E-state index < -0.39 is 0 Å². The summed E-state index contributed by atoms with van der Waals surface area (Å²) in [6.07, 6.45) is 0. The molecule has 0 saturated carbocycles. The smallest absolute Gasteiger partial charge is 0.129 e. The highest BCUT2D eigenvalue weighted by molar-refractivity contribution is 5.36. The number of benzene rings is 1. The maximum Gasteiger partial charge on any atom is 0.129 e. The molecule has 2 rings (SSSR count). The van der Waals surface area contributed by atoms with Crippen LogP contribution in [0.25, 0.3) is 0 Å². The van der Waals surface area contributed by atoms with Gasteiger partial charge in [0, 0.05) is 7.11 Å². The monoisotopic (exact) mass is 245 g/mol. The lowest BCUT2D eigenvalue weighted by atomic mass is 9.98. The van der Waals surface area contributed by atoms with Crippen LogP contribution >= 0.6 is 0 Å². The van der Waals surface area contributed by atoms with E-state index in [1.165, 1.54) is 11.1 Å². The van der Waals surface area contributed by atoms with Crippen LogP contribution in [0.3, 0.4) is 0 Å². The largest absolute Gasteiger partial charge is 0.462 e. The summed E-state index contributed by atoms with van der Waals surface area (Å²) < 4.78 is 10.7. The molecule has 0 fully saturated rings. The van der Waals surface area contributed by atoms with E-state index in [-0.39, 0.29) is 6.04 Å². The van der Waals surface area contributed by atoms with Gasteiger partial charge in [-0.1, -0.05) is 23.8 Å². The highest BCUT2D eigenvalue weighted by atomic mass is 16.5. The van der Waals surface area contributed by atoms with Gasteiger partial charge < -0.3 is 14.9 Å². The summed E-state index contributed by atoms with van der Waals surface area (Å²) >= 11 is 0. The van der Waals surface area contributed by atoms with Crippen LogP contribution < -0.4 is 5.73 Å². The van der Waals surface area contributed by atoms with Crippen LogP contribution in [-0.2, 0) is 11.3 Å². The first-order valence-corrected chi connectivity index (χ1v) is 6.02. The zero-order valence-corrected chi connectivity index (χ0v) is 11.1. The van der Waals surface area contributed by atoms with E-state index in [0.29, 0.717) is 6.61 Å². The Kier molecular flexibility index (Phi) is 3.84. The van der Waals surface area contributed by atoms with Gasteiger partial charge in [0.2, 0.25) is 0 Å². The average Bonchev–Trinajstić information content (AvgIpc) is 2.77. The second kappa shape index (κ2) is 5.38. The Balaban J connectivity index is 2.26. The minimum Gasteiger partial charge on any atom is -0.462 e. The van der Waals surface area contributed by atoms with E-state index in [2.05, 4.69) is 32.0 Å². The fraction of sp³-hybridized carbons (Fsp3) is 0.333. The van der Waals surface area contributed by atoms with Crippen LogP contribution in [-0.4, -0.2) is 7.11 Å². The van der Waals surface area contributed by atoms with Gasteiger partial charge in [0.25, 0.3) is 0 Å². The van der Waals surface area contributed by atoms with Crippen LogP contribution in [0.2, 0.25) is 0 Å². The third kappa shape index (κ3) is 2.63. The molecule has 2 N–H and O–H groups in total. The standard InChI is InChI=1S/C15H19NO2/c1-10-4-6-13(11(2)8-10)15(16)14-7-5-12(18-14)9-17-3/h4-8,15H,9,16H2,1-3H3. The molecule has 3 nitrogen and oxygen atoms in total. The van der Waals surface area contributed by atoms with Gasteiger partial charge in [-0.05, 0) is 37.1 Å². The summed E-state index contributed by atoms with van der Waals surface area (Å²) in [4.78, 5) is 0. The predicted octanol–water partition coefficient (Wildman–Crippen LogP) is 3.09. The van der Waals surface area contributed by atoms with Crippen molar-refractivity contribution in [2.45, 2.75) is 26.5 Å². The molecule has 0 amide bonds. The molecule has 0 spiro atoms. The molecule has 1 unspecified atom stereocenters. The van der Waals surface area contributed by atoms with Crippen molar-refractivity contribution in [3.63, 3.8) is 0 Å². The Hall–Kier alpha value is -1.58. The summed E-state index contributed by atoms with van der Waals surface area (Å²) in [5.74, 6) is 1.57. The number of aryl methyl sites for hydroxylation is 2. The highest BCUT2D eigenvalue weighted by Gasteiger charge is 2.15. The molecule has 0 saturated heterocycles. The molecule has 18 heavy (non-hydrogen) atoms. The van der Waals surface area contributed by atoms with Crippen molar-refractivity contribution in [2.24, 2.45) is 5.73 Å². The van der Waals surface area contributed by atoms with Crippen LogP contribution in [0.1, 0.15) is 34.3 Å². The minimum atomic E-state index is -0.226. The van der Waals surface area contributed by atoms with Crippen LogP contribution in [0.15, 0.2) is 34.7 Å². The SMILES string of the molecule is COCc1ccc(C(N)c2ccc(C)cc2C)o1. The van der Waals surface area contributed by atoms with Crippen LogP contribution in [0, 0.1) is 13.8 Å². The Bertz CT molecular complexity index is 531. The predicted molar refractivity (Wildman–Crippen MR) is 71.4 cm³/mol. The summed E-state index contributed by atoms with van der Waals surface area (Å²) in [6, 6.07) is 9.86. The molecule has 0 aliphatic rings. The van der Waals surface area contributed by atoms with Crippen molar-refractivity contribution in [1.29, 1.82) is 0 Å². The van der Waals surface area contributed by atoms with Crippen LogP contribution in [0.4, 0.5) is 0 Å². The van der Waals surface area contributed by atoms with Crippen molar-refractivity contribution < 1.29 is 9.15 Å². The Morgan fingerprint density at radius 1 is 1.22 bits per heavy atom. The third-order valence-electron chi connectivity index (χ3n) is 3.04. The summed E-state index contributed by atoms with van der Waals surface area (Å²) in [5, 5.41) is 0. The van der Waals surface area contributed by atoms with Crippen LogP contribution in [0.5, 0.6) is 0 Å². The quantitative estimate of drug-likeness (QED) is 0.900. The first kappa shape index (κ1) is 12.9. The zero-order chi connectivity index (χ0) is 13.1. The van der Waals surface area contributed by atoms with E-state index in [1.54, 1.807) is 7.11 Å². The average molecular weight is 245 g/mol. The third-order valence-corrected chi connectivity index (χ3v) is 3.04. The molecule has 96 valence electrons. The molecule has 0 bridgehead atoms. The van der Waals surface area contributed by atoms with Crippen molar-refractivity contribution in [2.75, 3.05) is 7.11 Å². The van der Waals surface area contributed by atoms with Crippen molar-refractivity contribution in [3.8, 4) is 0 Å². The molecular formula is C15H19NO2. The molecule has 0 aliphatic heterocycles. The van der Waals surface area contributed by atoms with Gasteiger partial charge in [-0.15, -0.1) is 0 Å². The molecular weight excluding hydrogens is 226 g/mol. The van der Waals surface area contributed by atoms with Crippen molar-refractivity contribution in [3.05, 3.63) is 58.5 Å². The van der Waals surface area contributed by atoms with E-state index in [4.69, 9.17) is 14.9 Å². The fourth-order valence-electron chi connectivity index (χ4n) is 2.11. The van der Waals surface area contributed by atoms with Gasteiger partial charge in [0.05, 0.1) is 6.04 Å². The normalized spacial score (nSPS) is 12.7. The molecule has 1 aromatic carbocycles. The Morgan fingerprint density at radius 2 is 2.00 bits per heavy atom. The van der Waals surface area contributed by atoms with E-state index in [1.807, 2.05) is 12.1 Å². The first-order chi connectivity index (χ1) is 8.61. The van der Waals surface area contributed by atoms with Gasteiger partial charge in [0.15, 0.2) is 0 Å². The first-order valence-electron chi connectivity index (χ1n) is 6.02. The van der Waals surface area contributed by atoms with Gasteiger partial charge in [0.1, 0.15) is 18.1 Å². The number of hydrogen-bond acceptors (Lipinski definition) is 3. The second-order valence-electron chi connectivity index (χ2n) is 4.57. The molecule has 0 radical (unpaired) electrons. The van der Waals surface area contributed by atoms with E-state index in [9.17, 15) is 0 Å². The lowest BCUT2D eigenvalue weighted by molar-refractivity contribution is 0.162. The molecule has 0 aliphatic carbocycles. The van der Waals surface area contributed by atoms with Gasteiger partial charge in [-0.3, -0.25) is 0 Å². The van der Waals surface area contributed by atoms with Gasteiger partial charge >= 0.3 is 0 Å². The molecule has 1 atom stereocenters. The molecule has 1 heterocycles. The van der Waals surface area contributed by atoms with Gasteiger partial charge in [-0.2, -0.15) is 0 Å². The number of furan rings is 1. The topological polar surface area (TPSA) is 48.4 Å². The highest BCUT2D eigenvalue weighted by Crippen LogP contribution is 2.25. The molecule has 3 heteroatoms. The number of ether oxygens (including phenoxy) is 1. The number of methoxy groups -OCH3 is 1. The lowest BCUT2D eigenvalue weighted by Crippen LogP contribution is -2.12. The lowest BCUT2D eigenvalue weighted by Gasteiger charge is -2.13. The summed E-state index contributed by atoms with van der Waals surface area (Å²) in [6.45, 7) is 4.62. The fourth-order valence-corrected chi connectivity index (χ4v) is 2.11. The number of nitrogens with two attached hydrogens (primary N) is 1. The Labute approximate surface area is 108 Å². The Morgan fingerprint density at radius 3 is 2.67 bits per heavy atom.